The molecule has 1 aliphatic carbocycles. The van der Waals surface area contributed by atoms with E-state index in [1.54, 1.807) is 0 Å². The lowest BCUT2D eigenvalue weighted by molar-refractivity contribution is 0.304. The molecule has 1 aliphatic rings. The first kappa shape index (κ1) is 11.1. The molecule has 0 saturated carbocycles. The molecule has 84 valence electrons. The number of aromatic nitrogens is 1. The van der Waals surface area contributed by atoms with Crippen LogP contribution >= 0.6 is 11.3 Å². The van der Waals surface area contributed by atoms with Crippen molar-refractivity contribution in [1.82, 2.24) is 4.98 Å². The second-order valence-corrected chi connectivity index (χ2v) is 5.87. The van der Waals surface area contributed by atoms with Crippen molar-refractivity contribution in [3.8, 4) is 0 Å². The molecule has 0 aliphatic heterocycles. The minimum atomic E-state index is -0.213. The Morgan fingerprint density at radius 1 is 1.47 bits per heavy atom. The minimum absolute atomic E-state index is 0.213. The Hall–Kier alpha value is -0.410. The van der Waals surface area contributed by atoms with Gasteiger partial charge in [-0.25, -0.2) is 4.98 Å². The lowest BCUT2D eigenvalue weighted by Gasteiger charge is -2.30. The molecule has 1 aromatic heterocycles. The van der Waals surface area contributed by atoms with E-state index in [9.17, 15) is 0 Å². The van der Waals surface area contributed by atoms with Crippen LogP contribution in [0.3, 0.4) is 0 Å². The zero-order valence-electron chi connectivity index (χ0n) is 9.84. The van der Waals surface area contributed by atoms with E-state index in [1.807, 2.05) is 11.3 Å². The standard InChI is InChI=1S/C12H20N2S/c1-4-12(13,8(2)3)11-14-9-6-5-7-10(9)15-11/h8H,4-7,13H2,1-3H3. The normalized spacial score (nSPS) is 19.3. The third kappa shape index (κ3) is 1.72. The van der Waals surface area contributed by atoms with Crippen LogP contribution in [0.2, 0.25) is 0 Å². The van der Waals surface area contributed by atoms with Gasteiger partial charge in [-0.2, -0.15) is 0 Å². The van der Waals surface area contributed by atoms with Crippen molar-refractivity contribution in [2.45, 2.75) is 52.0 Å². The second-order valence-electron chi connectivity index (χ2n) is 4.79. The van der Waals surface area contributed by atoms with Crippen molar-refractivity contribution in [2.75, 3.05) is 0 Å². The van der Waals surface area contributed by atoms with Crippen molar-refractivity contribution >= 4 is 11.3 Å². The van der Waals surface area contributed by atoms with Crippen molar-refractivity contribution in [2.24, 2.45) is 11.7 Å². The molecule has 15 heavy (non-hydrogen) atoms. The van der Waals surface area contributed by atoms with Gasteiger partial charge >= 0.3 is 0 Å². The highest BCUT2D eigenvalue weighted by molar-refractivity contribution is 7.12. The number of hydrogen-bond acceptors (Lipinski definition) is 3. The summed E-state index contributed by atoms with van der Waals surface area (Å²) in [6.45, 7) is 6.54. The number of hydrogen-bond donors (Lipinski definition) is 1. The molecule has 0 fully saturated rings. The van der Waals surface area contributed by atoms with Gasteiger partial charge in [0.15, 0.2) is 0 Å². The summed E-state index contributed by atoms with van der Waals surface area (Å²) in [5.74, 6) is 0.453. The summed E-state index contributed by atoms with van der Waals surface area (Å²) in [4.78, 5) is 6.23. The summed E-state index contributed by atoms with van der Waals surface area (Å²) in [5.41, 5.74) is 7.58. The van der Waals surface area contributed by atoms with Crippen LogP contribution in [0, 0.1) is 5.92 Å². The van der Waals surface area contributed by atoms with E-state index in [0.29, 0.717) is 5.92 Å². The van der Waals surface area contributed by atoms with Crippen LogP contribution in [0.25, 0.3) is 0 Å². The zero-order valence-corrected chi connectivity index (χ0v) is 10.7. The van der Waals surface area contributed by atoms with Crippen molar-refractivity contribution in [3.05, 3.63) is 15.6 Å². The number of aryl methyl sites for hydroxylation is 2. The zero-order chi connectivity index (χ0) is 11.1. The van der Waals surface area contributed by atoms with Gasteiger partial charge in [-0.05, 0) is 31.6 Å². The molecule has 2 rings (SSSR count). The second kappa shape index (κ2) is 3.87. The van der Waals surface area contributed by atoms with E-state index in [0.717, 1.165) is 17.8 Å². The largest absolute Gasteiger partial charge is 0.319 e. The molecular formula is C12H20N2S. The summed E-state index contributed by atoms with van der Waals surface area (Å²) in [7, 11) is 0. The van der Waals surface area contributed by atoms with Crippen molar-refractivity contribution in [3.63, 3.8) is 0 Å². The molecule has 0 saturated heterocycles. The third-order valence-corrected chi connectivity index (χ3v) is 4.96. The van der Waals surface area contributed by atoms with E-state index in [-0.39, 0.29) is 5.54 Å². The fraction of sp³-hybridized carbons (Fsp3) is 0.750. The molecule has 1 aromatic rings. The van der Waals surface area contributed by atoms with Crippen LogP contribution < -0.4 is 5.73 Å². The molecular weight excluding hydrogens is 204 g/mol. The highest BCUT2D eigenvalue weighted by atomic mass is 32.1. The molecule has 0 amide bonds. The first-order chi connectivity index (χ1) is 7.08. The molecule has 2 nitrogen and oxygen atoms in total. The SMILES string of the molecule is CCC(N)(c1nc2c(s1)CCC2)C(C)C. The maximum atomic E-state index is 6.47. The number of nitrogens with two attached hydrogens (primary N) is 1. The Labute approximate surface area is 95.9 Å². The summed E-state index contributed by atoms with van der Waals surface area (Å²) >= 11 is 1.85. The van der Waals surface area contributed by atoms with E-state index in [4.69, 9.17) is 10.7 Å². The summed E-state index contributed by atoms with van der Waals surface area (Å²) in [5, 5.41) is 1.16. The number of nitrogens with zero attached hydrogens (tertiary/aromatic N) is 1. The van der Waals surface area contributed by atoms with Gasteiger partial charge in [0.2, 0.25) is 0 Å². The fourth-order valence-electron chi connectivity index (χ4n) is 2.20. The Morgan fingerprint density at radius 3 is 2.73 bits per heavy atom. The van der Waals surface area contributed by atoms with E-state index in [1.165, 1.54) is 23.4 Å². The van der Waals surface area contributed by atoms with Gasteiger partial charge in [0.1, 0.15) is 5.01 Å². The highest BCUT2D eigenvalue weighted by Gasteiger charge is 2.34. The van der Waals surface area contributed by atoms with Gasteiger partial charge in [-0.15, -0.1) is 11.3 Å². The molecule has 0 radical (unpaired) electrons. The van der Waals surface area contributed by atoms with E-state index in [2.05, 4.69) is 20.8 Å². The number of fused-ring (bicyclic) bond motifs is 1. The van der Waals surface area contributed by atoms with E-state index < -0.39 is 0 Å². The van der Waals surface area contributed by atoms with Crippen LogP contribution in [0.5, 0.6) is 0 Å². The lowest BCUT2D eigenvalue weighted by Crippen LogP contribution is -2.41. The maximum absolute atomic E-state index is 6.47. The van der Waals surface area contributed by atoms with Crippen LogP contribution in [0.15, 0.2) is 0 Å². The topological polar surface area (TPSA) is 38.9 Å². The third-order valence-electron chi connectivity index (χ3n) is 3.61. The maximum Gasteiger partial charge on any atom is 0.113 e. The molecule has 1 atom stereocenters. The van der Waals surface area contributed by atoms with Gasteiger partial charge in [-0.3, -0.25) is 0 Å². The summed E-state index contributed by atoms with van der Waals surface area (Å²) in [6.07, 6.45) is 4.62. The van der Waals surface area contributed by atoms with Crippen LogP contribution in [0.1, 0.15) is 49.2 Å². The molecule has 1 unspecified atom stereocenters. The minimum Gasteiger partial charge on any atom is -0.319 e. The smallest absolute Gasteiger partial charge is 0.113 e. The number of rotatable bonds is 3. The predicted molar refractivity (Wildman–Crippen MR) is 65.1 cm³/mol. The Balaban J connectivity index is 2.35. The molecule has 2 N–H and O–H groups in total. The van der Waals surface area contributed by atoms with Gasteiger partial charge in [-0.1, -0.05) is 20.8 Å². The highest BCUT2D eigenvalue weighted by Crippen LogP contribution is 2.37. The average molecular weight is 224 g/mol. The monoisotopic (exact) mass is 224 g/mol. The first-order valence-corrected chi connectivity index (χ1v) is 6.67. The van der Waals surface area contributed by atoms with E-state index >= 15 is 0 Å². The average Bonchev–Trinajstić information content (AvgIpc) is 2.75. The van der Waals surface area contributed by atoms with Gasteiger partial charge in [0.05, 0.1) is 11.2 Å². The van der Waals surface area contributed by atoms with Gasteiger partial charge < -0.3 is 5.73 Å². The molecule has 0 aromatic carbocycles. The van der Waals surface area contributed by atoms with Crippen molar-refractivity contribution < 1.29 is 0 Å². The Kier molecular flexibility index (Phi) is 2.86. The number of thiazole rings is 1. The molecule has 0 spiro atoms. The lowest BCUT2D eigenvalue weighted by atomic mass is 9.85. The van der Waals surface area contributed by atoms with Crippen LogP contribution in [0.4, 0.5) is 0 Å². The van der Waals surface area contributed by atoms with Gasteiger partial charge in [0.25, 0.3) is 0 Å². The first-order valence-electron chi connectivity index (χ1n) is 5.86. The quantitative estimate of drug-likeness (QED) is 0.857. The van der Waals surface area contributed by atoms with Crippen LogP contribution in [-0.4, -0.2) is 4.98 Å². The summed E-state index contributed by atoms with van der Waals surface area (Å²) in [6, 6.07) is 0. The molecule has 3 heteroatoms. The molecule has 0 bridgehead atoms. The fourth-order valence-corrected chi connectivity index (χ4v) is 3.67. The Bertz CT molecular complexity index is 335. The Morgan fingerprint density at radius 2 is 2.20 bits per heavy atom. The molecule has 1 heterocycles. The van der Waals surface area contributed by atoms with Gasteiger partial charge in [0, 0.05) is 4.88 Å². The van der Waals surface area contributed by atoms with Crippen LogP contribution in [-0.2, 0) is 18.4 Å². The predicted octanol–water partition coefficient (Wildman–Crippen LogP) is 2.85. The summed E-state index contributed by atoms with van der Waals surface area (Å²) < 4.78 is 0. The van der Waals surface area contributed by atoms with Crippen molar-refractivity contribution in [1.29, 1.82) is 0 Å².